The molecule has 0 radical (unpaired) electrons. The molecule has 2 aromatic rings. The fourth-order valence-corrected chi connectivity index (χ4v) is 1.29. The largest absolute Gasteiger partial charge is 0.428 e. The molecule has 0 aliphatic rings. The van der Waals surface area contributed by atoms with Gasteiger partial charge in [0.1, 0.15) is 5.52 Å². The van der Waals surface area contributed by atoms with Gasteiger partial charge in [0.2, 0.25) is 0 Å². The Morgan fingerprint density at radius 3 is 3.00 bits per heavy atom. The van der Waals surface area contributed by atoms with Gasteiger partial charge >= 0.3 is 0 Å². The lowest BCUT2D eigenvalue weighted by Crippen LogP contribution is -1.89. The van der Waals surface area contributed by atoms with Gasteiger partial charge in [-0.1, -0.05) is 0 Å². The second-order valence-electron chi connectivity index (χ2n) is 2.71. The molecule has 0 bridgehead atoms. The van der Waals surface area contributed by atoms with Crippen LogP contribution >= 0.6 is 11.6 Å². The van der Waals surface area contributed by atoms with E-state index in [1.165, 1.54) is 6.92 Å². The summed E-state index contributed by atoms with van der Waals surface area (Å²) in [6.07, 6.45) is 0. The molecule has 0 amide bonds. The van der Waals surface area contributed by atoms with Gasteiger partial charge in [-0.25, -0.2) is 0 Å². The van der Waals surface area contributed by atoms with E-state index < -0.39 is 0 Å². The number of ketones is 1. The van der Waals surface area contributed by atoms with E-state index in [9.17, 15) is 4.79 Å². The Labute approximate surface area is 79.3 Å². The monoisotopic (exact) mass is 195 g/mol. The van der Waals surface area contributed by atoms with Crippen LogP contribution in [-0.4, -0.2) is 10.8 Å². The van der Waals surface area contributed by atoms with E-state index in [1.807, 2.05) is 0 Å². The van der Waals surface area contributed by atoms with Crippen molar-refractivity contribution >= 4 is 28.5 Å². The number of fused-ring (bicyclic) bond motifs is 1. The molecule has 0 unspecified atom stereocenters. The summed E-state index contributed by atoms with van der Waals surface area (Å²) < 4.78 is 5.06. The molecule has 0 spiro atoms. The van der Waals surface area contributed by atoms with Gasteiger partial charge in [-0.15, -0.1) is 0 Å². The van der Waals surface area contributed by atoms with Gasteiger partial charge in [0.25, 0.3) is 5.35 Å². The Hall–Kier alpha value is -1.35. The predicted molar refractivity (Wildman–Crippen MR) is 49.0 cm³/mol. The first-order valence-electron chi connectivity index (χ1n) is 3.74. The minimum absolute atomic E-state index is 0.00516. The van der Waals surface area contributed by atoms with E-state index in [4.69, 9.17) is 16.0 Å². The standard InChI is InChI=1S/C9H6ClNO2/c1-5(12)6-2-3-7-8(4-6)13-9(10)11-7/h2-4H,1H3. The highest BCUT2D eigenvalue weighted by Gasteiger charge is 2.05. The third kappa shape index (κ3) is 1.42. The van der Waals surface area contributed by atoms with Gasteiger partial charge in [-0.2, -0.15) is 4.98 Å². The van der Waals surface area contributed by atoms with E-state index >= 15 is 0 Å². The summed E-state index contributed by atoms with van der Waals surface area (Å²) in [6.45, 7) is 1.50. The molecule has 4 heteroatoms. The number of hydrogen-bond acceptors (Lipinski definition) is 3. The summed E-state index contributed by atoms with van der Waals surface area (Å²) in [6, 6.07) is 5.04. The number of hydrogen-bond donors (Lipinski definition) is 0. The van der Waals surface area contributed by atoms with E-state index in [2.05, 4.69) is 4.98 Å². The van der Waals surface area contributed by atoms with Crippen molar-refractivity contribution in [2.75, 3.05) is 0 Å². The summed E-state index contributed by atoms with van der Waals surface area (Å²) >= 11 is 5.55. The number of aromatic nitrogens is 1. The van der Waals surface area contributed by atoms with Crippen LogP contribution in [0.25, 0.3) is 11.1 Å². The Kier molecular flexibility index (Phi) is 1.81. The van der Waals surface area contributed by atoms with Crippen LogP contribution in [0.5, 0.6) is 0 Å². The maximum Gasteiger partial charge on any atom is 0.293 e. The molecule has 0 fully saturated rings. The molecule has 3 nitrogen and oxygen atoms in total. The van der Waals surface area contributed by atoms with E-state index in [0.717, 1.165) is 0 Å². The summed E-state index contributed by atoms with van der Waals surface area (Å²) in [5.74, 6) is -0.00516. The zero-order valence-electron chi connectivity index (χ0n) is 6.87. The molecule has 0 aliphatic carbocycles. The summed E-state index contributed by atoms with van der Waals surface area (Å²) in [7, 11) is 0. The zero-order valence-corrected chi connectivity index (χ0v) is 7.63. The number of rotatable bonds is 1. The molecule has 0 N–H and O–H groups in total. The molecule has 66 valence electrons. The van der Waals surface area contributed by atoms with Crippen molar-refractivity contribution in [2.45, 2.75) is 6.92 Å². The average molecular weight is 196 g/mol. The Morgan fingerprint density at radius 1 is 1.54 bits per heavy atom. The molecule has 1 heterocycles. The number of Topliss-reactive ketones (excluding diaryl/α,β-unsaturated/α-hetero) is 1. The lowest BCUT2D eigenvalue weighted by atomic mass is 10.1. The molecule has 1 aromatic carbocycles. The Morgan fingerprint density at radius 2 is 2.31 bits per heavy atom. The van der Waals surface area contributed by atoms with Crippen molar-refractivity contribution in [3.8, 4) is 0 Å². The molecule has 0 atom stereocenters. The van der Waals surface area contributed by atoms with Gasteiger partial charge < -0.3 is 4.42 Å². The van der Waals surface area contributed by atoms with Gasteiger partial charge in [-0.3, -0.25) is 4.79 Å². The van der Waals surface area contributed by atoms with Crippen molar-refractivity contribution < 1.29 is 9.21 Å². The van der Waals surface area contributed by atoms with Crippen LogP contribution in [-0.2, 0) is 0 Å². The summed E-state index contributed by atoms with van der Waals surface area (Å²) in [5, 5.41) is 0.0932. The normalized spacial score (nSPS) is 10.6. The second-order valence-corrected chi connectivity index (χ2v) is 3.03. The van der Waals surface area contributed by atoms with Crippen molar-refractivity contribution in [3.63, 3.8) is 0 Å². The topological polar surface area (TPSA) is 43.1 Å². The number of nitrogens with zero attached hydrogens (tertiary/aromatic N) is 1. The van der Waals surface area contributed by atoms with Crippen molar-refractivity contribution in [1.29, 1.82) is 0 Å². The number of oxazole rings is 1. The van der Waals surface area contributed by atoms with Crippen LogP contribution in [0.2, 0.25) is 5.35 Å². The number of benzene rings is 1. The zero-order chi connectivity index (χ0) is 9.42. The SMILES string of the molecule is CC(=O)c1ccc2nc(Cl)oc2c1. The van der Waals surface area contributed by atoms with Gasteiger partial charge in [0, 0.05) is 5.56 Å². The Bertz CT molecular complexity index is 475. The third-order valence-corrected chi connectivity index (χ3v) is 1.93. The van der Waals surface area contributed by atoms with Crippen LogP contribution in [0.1, 0.15) is 17.3 Å². The lowest BCUT2D eigenvalue weighted by molar-refractivity contribution is 0.101. The van der Waals surface area contributed by atoms with E-state index in [0.29, 0.717) is 16.7 Å². The second kappa shape index (κ2) is 2.85. The van der Waals surface area contributed by atoms with Crippen LogP contribution in [0.4, 0.5) is 0 Å². The first kappa shape index (κ1) is 8.26. The lowest BCUT2D eigenvalue weighted by Gasteiger charge is -1.92. The molecule has 13 heavy (non-hydrogen) atoms. The van der Waals surface area contributed by atoms with Crippen LogP contribution in [0.3, 0.4) is 0 Å². The van der Waals surface area contributed by atoms with Crippen LogP contribution < -0.4 is 0 Å². The fraction of sp³-hybridized carbons (Fsp3) is 0.111. The number of carbonyl (C=O) groups excluding carboxylic acids is 1. The molecule has 0 saturated heterocycles. The number of halogens is 1. The maximum absolute atomic E-state index is 11.0. The molecular formula is C9H6ClNO2. The number of carbonyl (C=O) groups is 1. The first-order chi connectivity index (χ1) is 6.16. The molecule has 0 aliphatic heterocycles. The molecular weight excluding hydrogens is 190 g/mol. The minimum atomic E-state index is -0.00516. The van der Waals surface area contributed by atoms with Crippen LogP contribution in [0.15, 0.2) is 22.6 Å². The van der Waals surface area contributed by atoms with Gasteiger partial charge in [0.15, 0.2) is 11.4 Å². The molecule has 2 rings (SSSR count). The highest BCUT2D eigenvalue weighted by atomic mass is 35.5. The predicted octanol–water partition coefficient (Wildman–Crippen LogP) is 2.68. The first-order valence-corrected chi connectivity index (χ1v) is 4.11. The van der Waals surface area contributed by atoms with Gasteiger partial charge in [0.05, 0.1) is 0 Å². The quantitative estimate of drug-likeness (QED) is 0.657. The van der Waals surface area contributed by atoms with Crippen LogP contribution in [0, 0.1) is 0 Å². The highest BCUT2D eigenvalue weighted by Crippen LogP contribution is 2.20. The van der Waals surface area contributed by atoms with Crippen molar-refractivity contribution in [2.24, 2.45) is 0 Å². The maximum atomic E-state index is 11.0. The van der Waals surface area contributed by atoms with Crippen molar-refractivity contribution in [1.82, 2.24) is 4.98 Å². The smallest absolute Gasteiger partial charge is 0.293 e. The highest BCUT2D eigenvalue weighted by molar-refractivity contribution is 6.28. The van der Waals surface area contributed by atoms with E-state index in [1.54, 1.807) is 18.2 Å². The third-order valence-electron chi connectivity index (χ3n) is 1.77. The molecule has 0 saturated carbocycles. The minimum Gasteiger partial charge on any atom is -0.428 e. The fourth-order valence-electron chi connectivity index (χ4n) is 1.12. The summed E-state index contributed by atoms with van der Waals surface area (Å²) in [4.78, 5) is 14.9. The Balaban J connectivity index is 2.67. The van der Waals surface area contributed by atoms with Gasteiger partial charge in [-0.05, 0) is 36.7 Å². The molecule has 1 aromatic heterocycles. The average Bonchev–Trinajstić information content (AvgIpc) is 2.42. The summed E-state index contributed by atoms with van der Waals surface area (Å²) in [5.41, 5.74) is 1.80. The van der Waals surface area contributed by atoms with E-state index in [-0.39, 0.29) is 11.1 Å². The van der Waals surface area contributed by atoms with Crippen molar-refractivity contribution in [3.05, 3.63) is 29.1 Å².